The van der Waals surface area contributed by atoms with Gasteiger partial charge in [0, 0.05) is 19.2 Å². The minimum absolute atomic E-state index is 0.00889. The molecular weight excluding hydrogens is 322 g/mol. The summed E-state index contributed by atoms with van der Waals surface area (Å²) < 4.78 is 0. The Morgan fingerprint density at radius 1 is 1.42 bits per heavy atom. The Labute approximate surface area is 146 Å². The van der Waals surface area contributed by atoms with E-state index in [4.69, 9.17) is 0 Å². The summed E-state index contributed by atoms with van der Waals surface area (Å²) in [5, 5.41) is 4.14. The van der Waals surface area contributed by atoms with Gasteiger partial charge in [-0.1, -0.05) is 31.7 Å². The molecule has 2 heterocycles. The van der Waals surface area contributed by atoms with E-state index in [1.165, 1.54) is 17.3 Å². The molecule has 2 amide bonds. The van der Waals surface area contributed by atoms with Gasteiger partial charge >= 0.3 is 0 Å². The van der Waals surface area contributed by atoms with Crippen molar-refractivity contribution in [3.63, 3.8) is 0 Å². The molecule has 0 aliphatic carbocycles. The standard InChI is InChI=1S/C18H23N3O2S/c1-11-16(19-20-17(23)24-11)13-6-7-15-14(10-13)18(3,4)8-5-9-21(15)12(2)22/h6-7,10-11H,5,8-9H2,1-4H3,(H,20,23). The van der Waals surface area contributed by atoms with E-state index < -0.39 is 0 Å². The lowest BCUT2D eigenvalue weighted by Crippen LogP contribution is -2.31. The maximum absolute atomic E-state index is 12.1. The number of carbonyl (C=O) groups is 2. The summed E-state index contributed by atoms with van der Waals surface area (Å²) in [6.07, 6.45) is 2.01. The Balaban J connectivity index is 2.09. The molecule has 0 radical (unpaired) electrons. The Morgan fingerprint density at radius 2 is 2.17 bits per heavy atom. The summed E-state index contributed by atoms with van der Waals surface area (Å²) in [5.74, 6) is 0.0768. The molecule has 0 aromatic heterocycles. The van der Waals surface area contributed by atoms with E-state index in [1.54, 1.807) is 6.92 Å². The second-order valence-electron chi connectivity index (χ2n) is 7.05. The molecule has 1 atom stereocenters. The van der Waals surface area contributed by atoms with Crippen molar-refractivity contribution in [2.75, 3.05) is 11.4 Å². The van der Waals surface area contributed by atoms with Crippen LogP contribution in [0.5, 0.6) is 0 Å². The molecule has 2 aliphatic rings. The van der Waals surface area contributed by atoms with Gasteiger partial charge in [-0.2, -0.15) is 5.10 Å². The number of thioether (sulfide) groups is 1. The van der Waals surface area contributed by atoms with Gasteiger partial charge in [-0.05, 0) is 48.4 Å². The summed E-state index contributed by atoms with van der Waals surface area (Å²) >= 11 is 1.25. The molecule has 0 fully saturated rings. The molecule has 0 bridgehead atoms. The lowest BCUT2D eigenvalue weighted by atomic mass is 9.79. The molecule has 0 spiro atoms. The van der Waals surface area contributed by atoms with Crippen molar-refractivity contribution >= 4 is 34.3 Å². The summed E-state index contributed by atoms with van der Waals surface area (Å²) in [6.45, 7) is 8.81. The van der Waals surface area contributed by atoms with Crippen LogP contribution < -0.4 is 10.3 Å². The van der Waals surface area contributed by atoms with Crippen molar-refractivity contribution in [1.82, 2.24) is 5.43 Å². The van der Waals surface area contributed by atoms with E-state index in [2.05, 4.69) is 30.4 Å². The summed E-state index contributed by atoms with van der Waals surface area (Å²) in [6, 6.07) is 6.17. The molecule has 5 nitrogen and oxygen atoms in total. The first kappa shape index (κ1) is 17.0. The number of hydrogen-bond donors (Lipinski definition) is 1. The van der Waals surface area contributed by atoms with Crippen LogP contribution in [-0.2, 0) is 10.2 Å². The Bertz CT molecular complexity index is 727. The van der Waals surface area contributed by atoms with Gasteiger partial charge in [-0.3, -0.25) is 9.59 Å². The average Bonchev–Trinajstić information content (AvgIpc) is 2.63. The third kappa shape index (κ3) is 3.07. The number of fused-ring (bicyclic) bond motifs is 1. The van der Waals surface area contributed by atoms with Gasteiger partial charge in [0.25, 0.3) is 5.24 Å². The molecule has 2 aliphatic heterocycles. The van der Waals surface area contributed by atoms with Crippen molar-refractivity contribution in [1.29, 1.82) is 0 Å². The van der Waals surface area contributed by atoms with Gasteiger partial charge < -0.3 is 4.90 Å². The highest BCUT2D eigenvalue weighted by molar-refractivity contribution is 8.14. The maximum atomic E-state index is 12.1. The second-order valence-corrected chi connectivity index (χ2v) is 8.36. The van der Waals surface area contributed by atoms with Crippen LogP contribution in [0.4, 0.5) is 10.5 Å². The van der Waals surface area contributed by atoms with E-state index in [9.17, 15) is 9.59 Å². The number of nitrogens with one attached hydrogen (secondary N) is 1. The highest BCUT2D eigenvalue weighted by Gasteiger charge is 2.32. The predicted octanol–water partition coefficient (Wildman–Crippen LogP) is 3.66. The maximum Gasteiger partial charge on any atom is 0.299 e. The number of nitrogens with zero attached hydrogens (tertiary/aromatic N) is 2. The number of benzene rings is 1. The Morgan fingerprint density at radius 3 is 2.83 bits per heavy atom. The molecule has 0 saturated heterocycles. The molecule has 1 aromatic rings. The van der Waals surface area contributed by atoms with Crippen LogP contribution in [0.1, 0.15) is 51.7 Å². The topological polar surface area (TPSA) is 61.8 Å². The van der Waals surface area contributed by atoms with Crippen molar-refractivity contribution in [3.8, 4) is 0 Å². The van der Waals surface area contributed by atoms with Gasteiger partial charge in [0.15, 0.2) is 0 Å². The van der Waals surface area contributed by atoms with Crippen LogP contribution in [0.3, 0.4) is 0 Å². The van der Waals surface area contributed by atoms with E-state index in [1.807, 2.05) is 24.0 Å². The zero-order valence-corrected chi connectivity index (χ0v) is 15.4. The summed E-state index contributed by atoms with van der Waals surface area (Å²) in [4.78, 5) is 25.4. The molecule has 0 saturated carbocycles. The van der Waals surface area contributed by atoms with Gasteiger partial charge in [-0.25, -0.2) is 5.43 Å². The normalized spacial score (nSPS) is 23.0. The molecule has 3 rings (SSSR count). The number of carbonyl (C=O) groups excluding carboxylic acids is 2. The molecule has 128 valence electrons. The van der Waals surface area contributed by atoms with Crippen LogP contribution in [0, 0.1) is 0 Å². The highest BCUT2D eigenvalue weighted by atomic mass is 32.2. The smallest absolute Gasteiger partial charge is 0.299 e. The SMILES string of the molecule is CC(=O)N1CCCC(C)(C)c2cc(C3=NNC(=O)SC3C)ccc21. The van der Waals surface area contributed by atoms with E-state index in [-0.39, 0.29) is 21.8 Å². The zero-order chi connectivity index (χ0) is 17.5. The van der Waals surface area contributed by atoms with Gasteiger partial charge in [0.1, 0.15) is 0 Å². The Kier molecular flexibility index (Phi) is 4.42. The lowest BCUT2D eigenvalue weighted by molar-refractivity contribution is -0.116. The Hall–Kier alpha value is -1.82. The third-order valence-corrected chi connectivity index (χ3v) is 5.69. The molecule has 24 heavy (non-hydrogen) atoms. The number of anilines is 1. The fraction of sp³-hybridized carbons (Fsp3) is 0.500. The second kappa shape index (κ2) is 6.24. The van der Waals surface area contributed by atoms with Crippen LogP contribution in [0.15, 0.2) is 23.3 Å². The third-order valence-electron chi connectivity index (χ3n) is 4.81. The molecule has 1 unspecified atom stereocenters. The molecule has 1 aromatic carbocycles. The van der Waals surface area contributed by atoms with E-state index >= 15 is 0 Å². The predicted molar refractivity (Wildman–Crippen MR) is 98.9 cm³/mol. The first-order valence-electron chi connectivity index (χ1n) is 8.27. The first-order chi connectivity index (χ1) is 11.3. The van der Waals surface area contributed by atoms with E-state index in [0.717, 1.165) is 36.3 Å². The highest BCUT2D eigenvalue weighted by Crippen LogP contribution is 2.40. The van der Waals surface area contributed by atoms with E-state index in [0.29, 0.717) is 0 Å². The molecule has 6 heteroatoms. The average molecular weight is 345 g/mol. The minimum atomic E-state index is -0.121. The molecular formula is C18H23N3O2S. The van der Waals surface area contributed by atoms with Gasteiger partial charge in [0.05, 0.1) is 11.0 Å². The monoisotopic (exact) mass is 345 g/mol. The number of amides is 2. The van der Waals surface area contributed by atoms with Crippen LogP contribution in [0.2, 0.25) is 0 Å². The molecule has 1 N–H and O–H groups in total. The largest absolute Gasteiger partial charge is 0.312 e. The fourth-order valence-corrected chi connectivity index (χ4v) is 4.19. The van der Waals surface area contributed by atoms with Gasteiger partial charge in [-0.15, -0.1) is 0 Å². The fourth-order valence-electron chi connectivity index (χ4n) is 3.47. The quantitative estimate of drug-likeness (QED) is 0.845. The number of rotatable bonds is 1. The lowest BCUT2D eigenvalue weighted by Gasteiger charge is -2.29. The van der Waals surface area contributed by atoms with Crippen molar-refractivity contribution in [2.24, 2.45) is 5.10 Å². The van der Waals surface area contributed by atoms with Gasteiger partial charge in [0.2, 0.25) is 5.91 Å². The minimum Gasteiger partial charge on any atom is -0.312 e. The van der Waals surface area contributed by atoms with Crippen LogP contribution in [0.25, 0.3) is 0 Å². The number of hydrazone groups is 1. The van der Waals surface area contributed by atoms with Crippen molar-refractivity contribution < 1.29 is 9.59 Å². The van der Waals surface area contributed by atoms with Crippen LogP contribution in [-0.4, -0.2) is 28.7 Å². The summed E-state index contributed by atoms with van der Waals surface area (Å²) in [7, 11) is 0. The number of hydrogen-bond acceptors (Lipinski definition) is 4. The first-order valence-corrected chi connectivity index (χ1v) is 9.15. The van der Waals surface area contributed by atoms with Crippen molar-refractivity contribution in [2.45, 2.75) is 51.2 Å². The van der Waals surface area contributed by atoms with Crippen LogP contribution >= 0.6 is 11.8 Å². The zero-order valence-electron chi connectivity index (χ0n) is 14.5. The van der Waals surface area contributed by atoms with Crippen molar-refractivity contribution in [3.05, 3.63) is 29.3 Å². The summed E-state index contributed by atoms with van der Waals surface area (Å²) in [5.41, 5.74) is 6.58.